The molecule has 146 valence electrons. The highest BCUT2D eigenvalue weighted by molar-refractivity contribution is 5.76. The van der Waals surface area contributed by atoms with Crippen molar-refractivity contribution in [3.05, 3.63) is 102 Å². The monoisotopic (exact) mass is 385 g/mol. The van der Waals surface area contributed by atoms with Gasteiger partial charge in [0.25, 0.3) is 0 Å². The van der Waals surface area contributed by atoms with Crippen LogP contribution >= 0.6 is 0 Å². The Bertz CT molecular complexity index is 1040. The van der Waals surface area contributed by atoms with E-state index in [0.29, 0.717) is 19.4 Å². The van der Waals surface area contributed by atoms with Crippen molar-refractivity contribution < 1.29 is 4.79 Å². The number of hydrogen-bond donors (Lipinski definition) is 1. The third kappa shape index (κ3) is 5.19. The SMILES string of the molecule is O=C(CCc1cnn(-c2ccccc2)c1)NCc1ccc(Cn2cccn2)cc1. The Morgan fingerprint density at radius 3 is 2.45 bits per heavy atom. The van der Waals surface area contributed by atoms with Crippen LogP contribution in [0.2, 0.25) is 0 Å². The van der Waals surface area contributed by atoms with Gasteiger partial charge >= 0.3 is 0 Å². The number of aryl methyl sites for hydroxylation is 1. The van der Waals surface area contributed by atoms with Crippen molar-refractivity contribution in [2.45, 2.75) is 25.9 Å². The maximum Gasteiger partial charge on any atom is 0.220 e. The molecule has 0 aliphatic carbocycles. The minimum atomic E-state index is 0.0399. The molecule has 0 aliphatic heterocycles. The fraction of sp³-hybridized carbons (Fsp3) is 0.174. The fourth-order valence-electron chi connectivity index (χ4n) is 3.10. The second-order valence-corrected chi connectivity index (χ2v) is 6.93. The molecule has 1 N–H and O–H groups in total. The molecule has 2 heterocycles. The van der Waals surface area contributed by atoms with Crippen LogP contribution in [0, 0.1) is 0 Å². The van der Waals surface area contributed by atoms with Crippen LogP contribution in [0.15, 0.2) is 85.5 Å². The van der Waals surface area contributed by atoms with Gasteiger partial charge in [-0.2, -0.15) is 10.2 Å². The van der Waals surface area contributed by atoms with Crippen LogP contribution in [0.5, 0.6) is 0 Å². The largest absolute Gasteiger partial charge is 0.352 e. The second-order valence-electron chi connectivity index (χ2n) is 6.93. The lowest BCUT2D eigenvalue weighted by Crippen LogP contribution is -2.22. The lowest BCUT2D eigenvalue weighted by molar-refractivity contribution is -0.121. The highest BCUT2D eigenvalue weighted by Crippen LogP contribution is 2.10. The first-order valence-electron chi connectivity index (χ1n) is 9.67. The Morgan fingerprint density at radius 1 is 0.897 bits per heavy atom. The van der Waals surface area contributed by atoms with Gasteiger partial charge in [-0.3, -0.25) is 9.48 Å². The van der Waals surface area contributed by atoms with Crippen LogP contribution in [0.3, 0.4) is 0 Å². The van der Waals surface area contributed by atoms with Crippen LogP contribution in [0.4, 0.5) is 0 Å². The third-order valence-corrected chi connectivity index (χ3v) is 4.71. The topological polar surface area (TPSA) is 64.7 Å². The van der Waals surface area contributed by atoms with E-state index in [1.165, 1.54) is 5.56 Å². The standard InChI is InChI=1S/C23H23N5O/c29-23(12-11-21-16-26-28(18-21)22-5-2-1-3-6-22)24-15-19-7-9-20(10-8-19)17-27-14-4-13-25-27/h1-10,13-14,16,18H,11-12,15,17H2,(H,24,29). The first-order valence-corrected chi connectivity index (χ1v) is 9.67. The van der Waals surface area contributed by atoms with Crippen LogP contribution in [0.25, 0.3) is 5.69 Å². The molecule has 4 aromatic rings. The molecule has 0 bridgehead atoms. The summed E-state index contributed by atoms with van der Waals surface area (Å²) in [6.07, 6.45) is 8.62. The van der Waals surface area contributed by atoms with Crippen LogP contribution in [-0.4, -0.2) is 25.5 Å². The summed E-state index contributed by atoms with van der Waals surface area (Å²) < 4.78 is 3.72. The molecule has 0 atom stereocenters. The summed E-state index contributed by atoms with van der Waals surface area (Å²) in [6.45, 7) is 1.28. The molecule has 6 heteroatoms. The van der Waals surface area contributed by atoms with Gasteiger partial charge in [0, 0.05) is 31.6 Å². The number of nitrogens with zero attached hydrogens (tertiary/aromatic N) is 4. The van der Waals surface area contributed by atoms with Gasteiger partial charge in [-0.1, -0.05) is 42.5 Å². The van der Waals surface area contributed by atoms with E-state index in [4.69, 9.17) is 0 Å². The average molecular weight is 385 g/mol. The number of hydrogen-bond acceptors (Lipinski definition) is 3. The van der Waals surface area contributed by atoms with E-state index in [-0.39, 0.29) is 5.91 Å². The van der Waals surface area contributed by atoms with Crippen molar-refractivity contribution in [1.82, 2.24) is 24.9 Å². The smallest absolute Gasteiger partial charge is 0.220 e. The molecule has 1 amide bonds. The molecule has 29 heavy (non-hydrogen) atoms. The van der Waals surface area contributed by atoms with Gasteiger partial charge in [0.1, 0.15) is 0 Å². The van der Waals surface area contributed by atoms with Gasteiger partial charge < -0.3 is 5.32 Å². The van der Waals surface area contributed by atoms with Crippen molar-refractivity contribution in [3.8, 4) is 5.69 Å². The second kappa shape index (κ2) is 9.01. The molecule has 0 aliphatic rings. The number of nitrogens with one attached hydrogen (secondary N) is 1. The average Bonchev–Trinajstić information content (AvgIpc) is 3.45. The number of amides is 1. The van der Waals surface area contributed by atoms with E-state index in [0.717, 1.165) is 23.4 Å². The Balaban J connectivity index is 1.22. The highest BCUT2D eigenvalue weighted by Gasteiger charge is 2.06. The summed E-state index contributed by atoms with van der Waals surface area (Å²) in [5.74, 6) is 0.0399. The van der Waals surface area contributed by atoms with Gasteiger partial charge in [0.05, 0.1) is 18.4 Å². The zero-order valence-corrected chi connectivity index (χ0v) is 16.1. The molecule has 4 rings (SSSR count). The predicted octanol–water partition coefficient (Wildman–Crippen LogP) is 3.37. The first-order chi connectivity index (χ1) is 14.3. The maximum atomic E-state index is 12.2. The Kier molecular flexibility index (Phi) is 5.81. The van der Waals surface area contributed by atoms with Gasteiger partial charge in [-0.25, -0.2) is 4.68 Å². The van der Waals surface area contributed by atoms with E-state index in [9.17, 15) is 4.79 Å². The van der Waals surface area contributed by atoms with Crippen molar-refractivity contribution in [2.75, 3.05) is 0 Å². The van der Waals surface area contributed by atoms with Crippen molar-refractivity contribution in [3.63, 3.8) is 0 Å². The van der Waals surface area contributed by atoms with Crippen LogP contribution in [0.1, 0.15) is 23.1 Å². The number of aromatic nitrogens is 4. The van der Waals surface area contributed by atoms with Gasteiger partial charge in [0.2, 0.25) is 5.91 Å². The highest BCUT2D eigenvalue weighted by atomic mass is 16.1. The Hall–Kier alpha value is -3.67. The molecule has 0 fully saturated rings. The fourth-order valence-corrected chi connectivity index (χ4v) is 3.10. The molecule has 0 spiro atoms. The normalized spacial score (nSPS) is 10.8. The van der Waals surface area contributed by atoms with Crippen molar-refractivity contribution >= 4 is 5.91 Å². The Morgan fingerprint density at radius 2 is 1.69 bits per heavy atom. The molecule has 0 unspecified atom stereocenters. The molecule has 6 nitrogen and oxygen atoms in total. The number of benzene rings is 2. The summed E-state index contributed by atoms with van der Waals surface area (Å²) in [4.78, 5) is 12.2. The third-order valence-electron chi connectivity index (χ3n) is 4.71. The van der Waals surface area contributed by atoms with Gasteiger partial charge in [-0.05, 0) is 41.3 Å². The lowest BCUT2D eigenvalue weighted by Gasteiger charge is -2.07. The maximum absolute atomic E-state index is 12.2. The van der Waals surface area contributed by atoms with E-state index in [2.05, 4.69) is 27.6 Å². The summed E-state index contributed by atoms with van der Waals surface area (Å²) in [7, 11) is 0. The number of rotatable bonds is 8. The minimum Gasteiger partial charge on any atom is -0.352 e. The zero-order chi connectivity index (χ0) is 19.9. The minimum absolute atomic E-state index is 0.0399. The summed E-state index contributed by atoms with van der Waals surface area (Å²) in [5.41, 5.74) is 4.32. The van der Waals surface area contributed by atoms with Crippen LogP contribution in [-0.2, 0) is 24.3 Å². The number of carbonyl (C=O) groups is 1. The molecular formula is C23H23N5O. The lowest BCUT2D eigenvalue weighted by atomic mass is 10.1. The van der Waals surface area contributed by atoms with E-state index in [1.807, 2.05) is 76.5 Å². The number of para-hydroxylation sites is 1. The molecular weight excluding hydrogens is 362 g/mol. The summed E-state index contributed by atoms with van der Waals surface area (Å²) in [6, 6.07) is 20.1. The Labute approximate surface area is 169 Å². The van der Waals surface area contributed by atoms with Crippen molar-refractivity contribution in [1.29, 1.82) is 0 Å². The van der Waals surface area contributed by atoms with E-state index >= 15 is 0 Å². The summed E-state index contributed by atoms with van der Waals surface area (Å²) in [5, 5.41) is 11.6. The summed E-state index contributed by atoms with van der Waals surface area (Å²) >= 11 is 0. The molecule has 0 saturated carbocycles. The van der Waals surface area contributed by atoms with Gasteiger partial charge in [0.15, 0.2) is 0 Å². The van der Waals surface area contributed by atoms with E-state index in [1.54, 1.807) is 6.20 Å². The quantitative estimate of drug-likeness (QED) is 0.506. The molecule has 2 aromatic heterocycles. The molecule has 2 aromatic carbocycles. The first kappa shape index (κ1) is 18.7. The number of carbonyl (C=O) groups excluding carboxylic acids is 1. The van der Waals surface area contributed by atoms with Crippen molar-refractivity contribution in [2.24, 2.45) is 0 Å². The van der Waals surface area contributed by atoms with Crippen LogP contribution < -0.4 is 5.32 Å². The zero-order valence-electron chi connectivity index (χ0n) is 16.1. The molecule has 0 saturated heterocycles. The predicted molar refractivity (Wildman–Crippen MR) is 112 cm³/mol. The van der Waals surface area contributed by atoms with E-state index < -0.39 is 0 Å². The molecule has 0 radical (unpaired) electrons. The van der Waals surface area contributed by atoms with Gasteiger partial charge in [-0.15, -0.1) is 0 Å².